The van der Waals surface area contributed by atoms with E-state index in [4.69, 9.17) is 0 Å². The Morgan fingerprint density at radius 2 is 1.64 bits per heavy atom. The highest BCUT2D eigenvalue weighted by Crippen LogP contribution is 2.28. The first-order chi connectivity index (χ1) is 12.0. The van der Waals surface area contributed by atoms with Crippen LogP contribution in [0.25, 0.3) is 0 Å². The van der Waals surface area contributed by atoms with Crippen molar-refractivity contribution in [3.63, 3.8) is 0 Å². The van der Waals surface area contributed by atoms with Crippen LogP contribution in [0.4, 0.5) is 5.69 Å². The highest BCUT2D eigenvalue weighted by Gasteiger charge is 2.38. The van der Waals surface area contributed by atoms with Crippen LogP contribution in [0.1, 0.15) is 13.3 Å². The molecule has 1 unspecified atom stereocenters. The van der Waals surface area contributed by atoms with Gasteiger partial charge < -0.3 is 14.7 Å². The van der Waals surface area contributed by atoms with E-state index in [2.05, 4.69) is 0 Å². The number of carbonyl (C=O) groups excluding carboxylic acids is 3. The monoisotopic (exact) mass is 361 g/mol. The predicted molar refractivity (Wildman–Crippen MR) is 97.5 cm³/mol. The molecule has 6 nitrogen and oxygen atoms in total. The molecule has 0 bridgehead atoms. The van der Waals surface area contributed by atoms with Crippen molar-refractivity contribution in [2.75, 3.05) is 43.9 Å². The minimum absolute atomic E-state index is 0.00220. The number of hydrogen-bond donors (Lipinski definition) is 0. The molecule has 2 aliphatic heterocycles. The molecule has 1 aromatic rings. The molecule has 2 heterocycles. The van der Waals surface area contributed by atoms with Crippen molar-refractivity contribution in [3.8, 4) is 0 Å². The van der Waals surface area contributed by atoms with Gasteiger partial charge in [0.25, 0.3) is 0 Å². The summed E-state index contributed by atoms with van der Waals surface area (Å²) in [5, 5.41) is 0. The van der Waals surface area contributed by atoms with Crippen LogP contribution in [0.3, 0.4) is 0 Å². The summed E-state index contributed by atoms with van der Waals surface area (Å²) in [5.74, 6) is -0.225. The van der Waals surface area contributed by atoms with Crippen molar-refractivity contribution in [3.05, 3.63) is 24.3 Å². The molecule has 0 aliphatic carbocycles. The molecule has 3 amide bonds. The highest BCUT2D eigenvalue weighted by molar-refractivity contribution is 7.98. The first-order valence-corrected chi connectivity index (χ1v) is 9.71. The molecule has 25 heavy (non-hydrogen) atoms. The summed E-state index contributed by atoms with van der Waals surface area (Å²) in [4.78, 5) is 42.9. The third-order valence-electron chi connectivity index (χ3n) is 4.90. The molecule has 0 saturated carbocycles. The molecule has 2 saturated heterocycles. The second-order valence-corrected chi connectivity index (χ2v) is 7.31. The van der Waals surface area contributed by atoms with Crippen LogP contribution in [-0.4, -0.2) is 66.5 Å². The average Bonchev–Trinajstić information content (AvgIpc) is 3.03. The van der Waals surface area contributed by atoms with Gasteiger partial charge >= 0.3 is 0 Å². The number of hydrogen-bond acceptors (Lipinski definition) is 4. The molecular formula is C18H23N3O3S. The van der Waals surface area contributed by atoms with Crippen molar-refractivity contribution in [2.45, 2.75) is 18.2 Å². The Morgan fingerprint density at radius 1 is 1.04 bits per heavy atom. The Morgan fingerprint density at radius 3 is 2.20 bits per heavy atom. The maximum atomic E-state index is 12.7. The molecule has 0 N–H and O–H groups in total. The van der Waals surface area contributed by atoms with Crippen LogP contribution in [0.2, 0.25) is 0 Å². The van der Waals surface area contributed by atoms with E-state index < -0.39 is 0 Å². The third kappa shape index (κ3) is 3.81. The Kier molecular flexibility index (Phi) is 5.32. The van der Waals surface area contributed by atoms with Gasteiger partial charge in [-0.15, -0.1) is 11.8 Å². The number of carbonyl (C=O) groups is 3. The van der Waals surface area contributed by atoms with Gasteiger partial charge in [0.1, 0.15) is 0 Å². The molecule has 2 fully saturated rings. The second kappa shape index (κ2) is 7.47. The van der Waals surface area contributed by atoms with Crippen molar-refractivity contribution >= 4 is 35.2 Å². The van der Waals surface area contributed by atoms with Gasteiger partial charge in [0, 0.05) is 56.7 Å². The Bertz CT molecular complexity index is 669. The summed E-state index contributed by atoms with van der Waals surface area (Å²) in [7, 11) is 0. The number of amides is 3. The largest absolute Gasteiger partial charge is 0.339 e. The van der Waals surface area contributed by atoms with E-state index >= 15 is 0 Å². The van der Waals surface area contributed by atoms with Crippen LogP contribution in [0, 0.1) is 5.92 Å². The van der Waals surface area contributed by atoms with Crippen molar-refractivity contribution in [1.29, 1.82) is 0 Å². The predicted octanol–water partition coefficient (Wildman–Crippen LogP) is 1.45. The molecule has 7 heteroatoms. The Hall–Kier alpha value is -2.02. The molecular weight excluding hydrogens is 338 g/mol. The fraction of sp³-hybridized carbons (Fsp3) is 0.500. The van der Waals surface area contributed by atoms with E-state index in [0.717, 1.165) is 10.6 Å². The summed E-state index contributed by atoms with van der Waals surface area (Å²) >= 11 is 1.66. The van der Waals surface area contributed by atoms with Crippen LogP contribution in [0.15, 0.2) is 29.2 Å². The number of piperazine rings is 1. The molecule has 1 atom stereocenters. The molecule has 0 spiro atoms. The van der Waals surface area contributed by atoms with Gasteiger partial charge in [0.05, 0.1) is 5.92 Å². The lowest BCUT2D eigenvalue weighted by Crippen LogP contribution is -2.51. The van der Waals surface area contributed by atoms with E-state index in [0.29, 0.717) is 32.7 Å². The van der Waals surface area contributed by atoms with Crippen LogP contribution in [0.5, 0.6) is 0 Å². The quantitative estimate of drug-likeness (QED) is 0.765. The molecule has 1 aromatic carbocycles. The molecule has 134 valence electrons. The first-order valence-electron chi connectivity index (χ1n) is 8.48. The summed E-state index contributed by atoms with van der Waals surface area (Å²) in [6.07, 6.45) is 2.27. The number of benzene rings is 1. The molecule has 3 rings (SSSR count). The van der Waals surface area contributed by atoms with Crippen LogP contribution in [-0.2, 0) is 14.4 Å². The fourth-order valence-electron chi connectivity index (χ4n) is 3.38. The van der Waals surface area contributed by atoms with Gasteiger partial charge in [-0.2, -0.15) is 0 Å². The van der Waals surface area contributed by atoms with Crippen LogP contribution >= 0.6 is 11.8 Å². The maximum absolute atomic E-state index is 12.7. The number of anilines is 1. The van der Waals surface area contributed by atoms with Crippen LogP contribution < -0.4 is 4.90 Å². The standard InChI is InChI=1S/C18H23N3O3S/c1-13(22)19-7-9-20(10-8-19)18(24)14-11-17(23)21(12-14)15-3-5-16(25-2)6-4-15/h3-6,14H,7-12H2,1-2H3. The summed E-state index contributed by atoms with van der Waals surface area (Å²) in [5.41, 5.74) is 0.847. The van der Waals surface area contributed by atoms with Crippen molar-refractivity contribution in [1.82, 2.24) is 9.80 Å². The minimum atomic E-state index is -0.295. The smallest absolute Gasteiger partial charge is 0.228 e. The molecule has 2 aliphatic rings. The normalized spacial score (nSPS) is 21.0. The van der Waals surface area contributed by atoms with E-state index in [1.54, 1.807) is 33.4 Å². The topological polar surface area (TPSA) is 60.9 Å². The van der Waals surface area contributed by atoms with E-state index in [1.807, 2.05) is 30.5 Å². The van der Waals surface area contributed by atoms with E-state index in [-0.39, 0.29) is 30.1 Å². The summed E-state index contributed by atoms with van der Waals surface area (Å²) in [6, 6.07) is 7.84. The summed E-state index contributed by atoms with van der Waals surface area (Å²) in [6.45, 7) is 4.22. The van der Waals surface area contributed by atoms with Gasteiger partial charge in [0.2, 0.25) is 17.7 Å². The first kappa shape index (κ1) is 17.8. The number of nitrogens with zero attached hydrogens (tertiary/aromatic N) is 3. The average molecular weight is 361 g/mol. The lowest BCUT2D eigenvalue weighted by molar-refractivity contribution is -0.141. The lowest BCUT2D eigenvalue weighted by atomic mass is 10.1. The lowest BCUT2D eigenvalue weighted by Gasteiger charge is -2.35. The van der Waals surface area contributed by atoms with Crippen molar-refractivity contribution in [2.24, 2.45) is 5.92 Å². The number of rotatable bonds is 3. The zero-order valence-electron chi connectivity index (χ0n) is 14.6. The van der Waals surface area contributed by atoms with Gasteiger partial charge in [-0.05, 0) is 30.5 Å². The highest BCUT2D eigenvalue weighted by atomic mass is 32.2. The minimum Gasteiger partial charge on any atom is -0.339 e. The third-order valence-corrected chi connectivity index (χ3v) is 5.64. The van der Waals surface area contributed by atoms with Crippen molar-refractivity contribution < 1.29 is 14.4 Å². The zero-order chi connectivity index (χ0) is 18.0. The van der Waals surface area contributed by atoms with Gasteiger partial charge in [0.15, 0.2) is 0 Å². The maximum Gasteiger partial charge on any atom is 0.228 e. The molecule has 0 radical (unpaired) electrons. The zero-order valence-corrected chi connectivity index (χ0v) is 15.4. The van der Waals surface area contributed by atoms with Gasteiger partial charge in [-0.1, -0.05) is 0 Å². The van der Waals surface area contributed by atoms with E-state index in [1.165, 1.54) is 0 Å². The Labute approximate surface area is 152 Å². The SMILES string of the molecule is CSc1ccc(N2CC(C(=O)N3CCN(C(C)=O)CC3)CC2=O)cc1. The fourth-order valence-corrected chi connectivity index (χ4v) is 3.79. The summed E-state index contributed by atoms with van der Waals surface area (Å²) < 4.78 is 0. The second-order valence-electron chi connectivity index (χ2n) is 6.43. The van der Waals surface area contributed by atoms with Gasteiger partial charge in [-0.3, -0.25) is 14.4 Å². The molecule has 0 aromatic heterocycles. The number of thioether (sulfide) groups is 1. The Balaban J connectivity index is 1.62. The van der Waals surface area contributed by atoms with Gasteiger partial charge in [-0.25, -0.2) is 0 Å². The van der Waals surface area contributed by atoms with E-state index in [9.17, 15) is 14.4 Å².